The molecule has 0 aliphatic heterocycles. The number of likely N-dealkylation sites (N-methyl/N-ethyl adjacent to an activating group) is 1. The molecule has 0 aromatic heterocycles. The summed E-state index contributed by atoms with van der Waals surface area (Å²) in [5, 5.41) is 11.7. The second-order valence-electron chi connectivity index (χ2n) is 18.4. The summed E-state index contributed by atoms with van der Waals surface area (Å²) in [6.07, 6.45) is 61.7. The van der Waals surface area contributed by atoms with E-state index in [0.717, 1.165) is 83.5 Å². The van der Waals surface area contributed by atoms with Crippen molar-refractivity contribution in [3.8, 4) is 0 Å². The fraction of sp³-hybridized carbons (Fsp3) is 0.672. The number of carboxylic acid groups (broad SMARTS) is 1. The maximum absolute atomic E-state index is 12.8. The number of esters is 2. The van der Waals surface area contributed by atoms with Gasteiger partial charge in [0.25, 0.3) is 0 Å². The van der Waals surface area contributed by atoms with Crippen LogP contribution < -0.4 is 5.11 Å². The second-order valence-corrected chi connectivity index (χ2v) is 18.4. The zero-order valence-corrected chi connectivity index (χ0v) is 43.2. The molecule has 0 radical (unpaired) electrons. The minimum atomic E-state index is -1.63. The van der Waals surface area contributed by atoms with E-state index < -0.39 is 30.3 Å². The first-order chi connectivity index (χ1) is 32.6. The third kappa shape index (κ3) is 49.9. The van der Waals surface area contributed by atoms with E-state index in [1.807, 2.05) is 21.1 Å². The van der Waals surface area contributed by atoms with Gasteiger partial charge < -0.3 is 33.3 Å². The van der Waals surface area contributed by atoms with Crippen LogP contribution in [0.2, 0.25) is 0 Å². The quantitative estimate of drug-likeness (QED) is 0.0195. The van der Waals surface area contributed by atoms with Gasteiger partial charge in [-0.3, -0.25) is 9.59 Å². The van der Waals surface area contributed by atoms with Gasteiger partial charge in [0.1, 0.15) is 13.2 Å². The summed E-state index contributed by atoms with van der Waals surface area (Å²) in [5.41, 5.74) is 0. The Labute approximate surface area is 410 Å². The van der Waals surface area contributed by atoms with Crippen molar-refractivity contribution in [2.75, 3.05) is 47.5 Å². The van der Waals surface area contributed by atoms with Gasteiger partial charge in [-0.25, -0.2) is 0 Å². The topological polar surface area (TPSA) is 111 Å². The third-order valence-electron chi connectivity index (χ3n) is 10.8. The van der Waals surface area contributed by atoms with E-state index >= 15 is 0 Å². The van der Waals surface area contributed by atoms with E-state index in [0.29, 0.717) is 23.9 Å². The van der Waals surface area contributed by atoms with Crippen LogP contribution in [0.5, 0.6) is 0 Å². The highest BCUT2D eigenvalue weighted by molar-refractivity contribution is 5.70. The van der Waals surface area contributed by atoms with E-state index in [1.54, 1.807) is 0 Å². The minimum Gasteiger partial charge on any atom is -0.545 e. The zero-order chi connectivity index (χ0) is 49.2. The predicted molar refractivity (Wildman–Crippen MR) is 278 cm³/mol. The van der Waals surface area contributed by atoms with Crippen LogP contribution >= 0.6 is 0 Å². The van der Waals surface area contributed by atoms with Crippen LogP contribution in [0.15, 0.2) is 97.2 Å². The highest BCUT2D eigenvalue weighted by atomic mass is 16.7. The first-order valence-electron chi connectivity index (χ1n) is 26.4. The SMILES string of the molecule is CC/C=C\C/C=C\C/C=C\C/C=C\CCCCCCCCCCCCCCCCC(=O)OC(COC(=O)CCCC/C=C\C/C=C\C/C=C\C/C=C\CC)COC(OCC[N+](C)(C)C)C(=O)[O-]. The Morgan fingerprint density at radius 2 is 0.806 bits per heavy atom. The molecule has 0 bridgehead atoms. The number of aliphatic carboxylic acids is 1. The zero-order valence-electron chi connectivity index (χ0n) is 43.2. The lowest BCUT2D eigenvalue weighted by Crippen LogP contribution is -2.44. The molecular weight excluding hydrogens is 839 g/mol. The summed E-state index contributed by atoms with van der Waals surface area (Å²) >= 11 is 0. The van der Waals surface area contributed by atoms with Gasteiger partial charge in [-0.1, -0.05) is 188 Å². The number of quaternary nitrogens is 1. The second kappa shape index (κ2) is 48.7. The van der Waals surface area contributed by atoms with Crippen LogP contribution in [0.1, 0.15) is 194 Å². The lowest BCUT2D eigenvalue weighted by Gasteiger charge is -2.26. The van der Waals surface area contributed by atoms with E-state index in [1.165, 1.54) is 70.6 Å². The number of allylic oxidation sites excluding steroid dienone is 16. The number of hydrogen-bond acceptors (Lipinski definition) is 8. The molecule has 0 amide bonds. The first kappa shape index (κ1) is 63.2. The van der Waals surface area contributed by atoms with Crippen LogP contribution in [0.4, 0.5) is 0 Å². The van der Waals surface area contributed by atoms with Crippen molar-refractivity contribution in [2.24, 2.45) is 0 Å². The Kier molecular flexibility index (Phi) is 45.9. The number of rotatable bonds is 47. The number of unbranched alkanes of at least 4 members (excludes halogenated alkanes) is 16. The molecule has 0 N–H and O–H groups in total. The van der Waals surface area contributed by atoms with Gasteiger partial charge in [0.15, 0.2) is 12.4 Å². The summed E-state index contributed by atoms with van der Waals surface area (Å²) in [5.74, 6) is -2.35. The number of carbonyl (C=O) groups excluding carboxylic acids is 3. The molecular formula is C58H97NO8. The summed E-state index contributed by atoms with van der Waals surface area (Å²) in [4.78, 5) is 37.1. The van der Waals surface area contributed by atoms with Crippen molar-refractivity contribution < 1.29 is 42.9 Å². The van der Waals surface area contributed by atoms with Crippen LogP contribution in [-0.4, -0.2) is 82.3 Å². The number of carbonyl (C=O) groups is 3. The van der Waals surface area contributed by atoms with Crippen molar-refractivity contribution in [3.63, 3.8) is 0 Å². The Morgan fingerprint density at radius 1 is 0.448 bits per heavy atom. The van der Waals surface area contributed by atoms with E-state index in [4.69, 9.17) is 18.9 Å². The Balaban J connectivity index is 4.30. The summed E-state index contributed by atoms with van der Waals surface area (Å²) in [7, 11) is 5.90. The van der Waals surface area contributed by atoms with Gasteiger partial charge in [-0.15, -0.1) is 0 Å². The fourth-order valence-corrected chi connectivity index (χ4v) is 6.81. The molecule has 0 heterocycles. The smallest absolute Gasteiger partial charge is 0.306 e. The van der Waals surface area contributed by atoms with Crippen LogP contribution in [0, 0.1) is 0 Å². The molecule has 2 atom stereocenters. The highest BCUT2D eigenvalue weighted by Crippen LogP contribution is 2.15. The van der Waals surface area contributed by atoms with E-state index in [-0.39, 0.29) is 32.7 Å². The highest BCUT2D eigenvalue weighted by Gasteiger charge is 2.21. The van der Waals surface area contributed by atoms with Crippen LogP contribution in [-0.2, 0) is 33.3 Å². The molecule has 2 unspecified atom stereocenters. The molecule has 0 aromatic carbocycles. The monoisotopic (exact) mass is 936 g/mol. The maximum atomic E-state index is 12.8. The number of nitrogens with zero attached hydrogens (tertiary/aromatic N) is 1. The average molecular weight is 936 g/mol. The van der Waals surface area contributed by atoms with Crippen molar-refractivity contribution >= 4 is 17.9 Å². The molecule has 9 nitrogen and oxygen atoms in total. The Morgan fingerprint density at radius 3 is 1.22 bits per heavy atom. The number of carboxylic acids is 1. The van der Waals surface area contributed by atoms with E-state index in [2.05, 4.69) is 111 Å². The molecule has 67 heavy (non-hydrogen) atoms. The minimum absolute atomic E-state index is 0.136. The number of ether oxygens (including phenoxy) is 4. The van der Waals surface area contributed by atoms with Crippen LogP contribution in [0.3, 0.4) is 0 Å². The van der Waals surface area contributed by atoms with Gasteiger partial charge in [-0.2, -0.15) is 0 Å². The molecule has 0 fully saturated rings. The molecule has 0 aliphatic rings. The van der Waals surface area contributed by atoms with Gasteiger partial charge in [0, 0.05) is 12.8 Å². The molecule has 9 heteroatoms. The molecule has 0 saturated heterocycles. The summed E-state index contributed by atoms with van der Waals surface area (Å²) < 4.78 is 22.6. The van der Waals surface area contributed by atoms with Gasteiger partial charge >= 0.3 is 11.9 Å². The molecule has 0 aromatic rings. The molecule has 382 valence electrons. The first-order valence-corrected chi connectivity index (χ1v) is 26.4. The molecule has 0 spiro atoms. The van der Waals surface area contributed by atoms with Gasteiger partial charge in [-0.05, 0) is 89.9 Å². The lowest BCUT2D eigenvalue weighted by atomic mass is 10.0. The molecule has 0 saturated carbocycles. The van der Waals surface area contributed by atoms with Crippen molar-refractivity contribution in [1.29, 1.82) is 0 Å². The molecule has 0 aliphatic carbocycles. The largest absolute Gasteiger partial charge is 0.545 e. The van der Waals surface area contributed by atoms with Crippen molar-refractivity contribution in [2.45, 2.75) is 206 Å². The van der Waals surface area contributed by atoms with Gasteiger partial charge in [0.05, 0.1) is 40.3 Å². The normalized spacial score (nSPS) is 13.6. The third-order valence-corrected chi connectivity index (χ3v) is 10.8. The maximum Gasteiger partial charge on any atom is 0.306 e. The Bertz CT molecular complexity index is 1420. The fourth-order valence-electron chi connectivity index (χ4n) is 6.81. The summed E-state index contributed by atoms with van der Waals surface area (Å²) in [6.45, 7) is 4.46. The van der Waals surface area contributed by atoms with Gasteiger partial charge in [0.2, 0.25) is 0 Å². The van der Waals surface area contributed by atoms with Crippen molar-refractivity contribution in [1.82, 2.24) is 0 Å². The molecule has 0 rings (SSSR count). The number of hydrogen-bond donors (Lipinski definition) is 0. The average Bonchev–Trinajstić information content (AvgIpc) is 3.29. The lowest BCUT2D eigenvalue weighted by molar-refractivity contribution is -0.870. The predicted octanol–water partition coefficient (Wildman–Crippen LogP) is 13.7. The standard InChI is InChI=1S/C58H97NO8/c1-6-8-10-12-14-16-18-20-22-23-24-25-26-27-28-29-30-31-32-33-35-37-39-41-43-45-47-49-56(61)67-54(53-66-58(57(62)63)64-51-50-59(3,4)5)52-65-55(60)48-46-44-42-40-38-36-34-21-19-17-15-13-11-9-7-2/h8-11,14-17,20-22,24-25,34,38,40,54,58H,6-7,12-13,18-19,23,26-33,35-37,39,41-53H2,1-5H3/b10-8-,11-9-,16-14-,17-15-,22-20-,25-24-,34-21-,40-38-. The Hall–Kier alpha value is -3.79. The van der Waals surface area contributed by atoms with Crippen LogP contribution in [0.25, 0.3) is 0 Å². The summed E-state index contributed by atoms with van der Waals surface area (Å²) in [6, 6.07) is 0. The van der Waals surface area contributed by atoms with E-state index in [9.17, 15) is 19.5 Å². The van der Waals surface area contributed by atoms with Crippen molar-refractivity contribution in [3.05, 3.63) is 97.2 Å².